The lowest BCUT2D eigenvalue weighted by molar-refractivity contribution is 0.0695. The van der Waals surface area contributed by atoms with E-state index in [0.717, 1.165) is 6.07 Å². The Morgan fingerprint density at radius 2 is 2.16 bits per heavy atom. The van der Waals surface area contributed by atoms with Gasteiger partial charge in [0.25, 0.3) is 0 Å². The number of carboxylic acid groups (broad SMARTS) is 1. The van der Waals surface area contributed by atoms with E-state index in [-0.39, 0.29) is 17.0 Å². The predicted octanol–water partition coefficient (Wildman–Crippen LogP) is 1.30. The Labute approximate surface area is 125 Å². The average molecular weight is 399 g/mol. The second-order valence-electron chi connectivity index (χ2n) is 3.69. The molecule has 1 rings (SSSR count). The van der Waals surface area contributed by atoms with Crippen molar-refractivity contribution in [3.05, 3.63) is 27.3 Å². The lowest BCUT2D eigenvalue weighted by atomic mass is 10.2. The van der Waals surface area contributed by atoms with Gasteiger partial charge in [0.2, 0.25) is 10.0 Å². The standard InChI is InChI=1S/C11H14INO5S/c1-18-6-2-5-13-19(16,17)8-3-4-10(12)9(7-8)11(14)15/h3-4,7,13H,2,5-6H2,1H3,(H,14,15). The summed E-state index contributed by atoms with van der Waals surface area (Å²) in [6.07, 6.45) is 0.548. The van der Waals surface area contributed by atoms with E-state index >= 15 is 0 Å². The van der Waals surface area contributed by atoms with Gasteiger partial charge in [0, 0.05) is 23.8 Å². The van der Waals surface area contributed by atoms with E-state index in [1.165, 1.54) is 19.2 Å². The van der Waals surface area contributed by atoms with Crippen LogP contribution in [0.5, 0.6) is 0 Å². The number of methoxy groups -OCH3 is 1. The Bertz CT molecular complexity index is 558. The van der Waals surface area contributed by atoms with Gasteiger partial charge in [0.15, 0.2) is 0 Å². The topological polar surface area (TPSA) is 92.7 Å². The smallest absolute Gasteiger partial charge is 0.336 e. The third kappa shape index (κ3) is 4.71. The number of hydrogen-bond acceptors (Lipinski definition) is 4. The van der Waals surface area contributed by atoms with Gasteiger partial charge in [0.1, 0.15) is 0 Å². The van der Waals surface area contributed by atoms with Gasteiger partial charge in [-0.25, -0.2) is 17.9 Å². The summed E-state index contributed by atoms with van der Waals surface area (Å²) in [7, 11) is -2.15. The Morgan fingerprint density at radius 1 is 1.47 bits per heavy atom. The average Bonchev–Trinajstić information content (AvgIpc) is 2.34. The minimum absolute atomic E-state index is 0.0274. The fourth-order valence-corrected chi connectivity index (χ4v) is 3.01. The Balaban J connectivity index is 2.89. The molecule has 0 amide bonds. The van der Waals surface area contributed by atoms with Gasteiger partial charge in [-0.1, -0.05) is 0 Å². The molecule has 19 heavy (non-hydrogen) atoms. The molecule has 8 heteroatoms. The summed E-state index contributed by atoms with van der Waals surface area (Å²) < 4.78 is 31.6. The van der Waals surface area contributed by atoms with Gasteiger partial charge in [-0.2, -0.15) is 0 Å². The van der Waals surface area contributed by atoms with Crippen molar-refractivity contribution in [2.24, 2.45) is 0 Å². The van der Waals surface area contributed by atoms with Crippen LogP contribution in [0.2, 0.25) is 0 Å². The van der Waals surface area contributed by atoms with E-state index in [2.05, 4.69) is 4.72 Å². The molecule has 0 heterocycles. The number of sulfonamides is 1. The van der Waals surface area contributed by atoms with Gasteiger partial charge in [-0.3, -0.25) is 0 Å². The fraction of sp³-hybridized carbons (Fsp3) is 0.364. The lowest BCUT2D eigenvalue weighted by Crippen LogP contribution is -2.25. The molecule has 0 aliphatic carbocycles. The monoisotopic (exact) mass is 399 g/mol. The van der Waals surface area contributed by atoms with Gasteiger partial charge in [0.05, 0.1) is 10.5 Å². The van der Waals surface area contributed by atoms with E-state index in [1.807, 2.05) is 22.6 Å². The van der Waals surface area contributed by atoms with E-state index in [9.17, 15) is 13.2 Å². The van der Waals surface area contributed by atoms with Crippen LogP contribution < -0.4 is 4.72 Å². The van der Waals surface area contributed by atoms with Crippen LogP contribution >= 0.6 is 22.6 Å². The summed E-state index contributed by atoms with van der Waals surface area (Å²) in [6.45, 7) is 0.695. The molecule has 2 N–H and O–H groups in total. The number of ether oxygens (including phenoxy) is 1. The minimum Gasteiger partial charge on any atom is -0.478 e. The first-order valence-corrected chi connectivity index (χ1v) is 7.96. The van der Waals surface area contributed by atoms with Gasteiger partial charge in [-0.15, -0.1) is 0 Å². The van der Waals surface area contributed by atoms with Crippen LogP contribution in [-0.2, 0) is 14.8 Å². The van der Waals surface area contributed by atoms with E-state index in [1.54, 1.807) is 0 Å². The van der Waals surface area contributed by atoms with Crippen molar-refractivity contribution < 1.29 is 23.1 Å². The van der Waals surface area contributed by atoms with Crippen molar-refractivity contribution >= 4 is 38.6 Å². The van der Waals surface area contributed by atoms with Crippen LogP contribution in [0.1, 0.15) is 16.8 Å². The number of hydrogen-bond donors (Lipinski definition) is 2. The van der Waals surface area contributed by atoms with Crippen molar-refractivity contribution in [1.82, 2.24) is 4.72 Å². The summed E-state index contributed by atoms with van der Waals surface area (Å²) in [5.41, 5.74) is -0.0274. The van der Waals surface area contributed by atoms with Crippen molar-refractivity contribution in [1.29, 1.82) is 0 Å². The molecule has 0 saturated carbocycles. The van der Waals surface area contributed by atoms with Crippen LogP contribution in [0.15, 0.2) is 23.1 Å². The van der Waals surface area contributed by atoms with Gasteiger partial charge < -0.3 is 9.84 Å². The number of rotatable bonds is 7. The molecule has 0 bridgehead atoms. The van der Waals surface area contributed by atoms with Crippen LogP contribution in [0.3, 0.4) is 0 Å². The fourth-order valence-electron chi connectivity index (χ4n) is 1.34. The third-order valence-electron chi connectivity index (χ3n) is 2.30. The number of aromatic carboxylic acids is 1. The SMILES string of the molecule is COCCCNS(=O)(=O)c1ccc(I)c(C(=O)O)c1. The van der Waals surface area contributed by atoms with Gasteiger partial charge in [-0.05, 0) is 47.2 Å². The molecule has 0 aliphatic heterocycles. The maximum Gasteiger partial charge on any atom is 0.336 e. The van der Waals surface area contributed by atoms with E-state index in [4.69, 9.17) is 9.84 Å². The highest BCUT2D eigenvalue weighted by Crippen LogP contribution is 2.17. The number of benzene rings is 1. The maximum atomic E-state index is 11.9. The van der Waals surface area contributed by atoms with E-state index < -0.39 is 16.0 Å². The maximum absolute atomic E-state index is 11.9. The van der Waals surface area contributed by atoms with Crippen LogP contribution in [-0.4, -0.2) is 39.8 Å². The first-order chi connectivity index (χ1) is 8.88. The van der Waals surface area contributed by atoms with Crippen LogP contribution in [0.4, 0.5) is 0 Å². The molecule has 0 fully saturated rings. The van der Waals surface area contributed by atoms with Crippen molar-refractivity contribution in [2.75, 3.05) is 20.3 Å². The summed E-state index contributed by atoms with van der Waals surface area (Å²) in [6, 6.07) is 4.00. The van der Waals surface area contributed by atoms with Gasteiger partial charge >= 0.3 is 5.97 Å². The first kappa shape index (κ1) is 16.3. The zero-order chi connectivity index (χ0) is 14.5. The molecule has 0 atom stereocenters. The molecule has 0 spiro atoms. The number of carbonyl (C=O) groups is 1. The largest absolute Gasteiger partial charge is 0.478 e. The molecule has 0 saturated heterocycles. The molecule has 0 aromatic heterocycles. The number of nitrogens with one attached hydrogen (secondary N) is 1. The van der Waals surface area contributed by atoms with E-state index in [0.29, 0.717) is 16.6 Å². The highest BCUT2D eigenvalue weighted by atomic mass is 127. The highest BCUT2D eigenvalue weighted by Gasteiger charge is 2.17. The van der Waals surface area contributed by atoms with Crippen LogP contribution in [0, 0.1) is 3.57 Å². The Kier molecular flexibility index (Phi) is 6.17. The molecule has 1 aromatic rings. The third-order valence-corrected chi connectivity index (χ3v) is 4.70. The molecule has 0 unspecified atom stereocenters. The van der Waals surface area contributed by atoms with Crippen molar-refractivity contribution in [2.45, 2.75) is 11.3 Å². The minimum atomic E-state index is -3.69. The van der Waals surface area contributed by atoms with Crippen LogP contribution in [0.25, 0.3) is 0 Å². The zero-order valence-electron chi connectivity index (χ0n) is 10.2. The molecule has 0 radical (unpaired) electrons. The van der Waals surface area contributed by atoms with Crippen molar-refractivity contribution in [3.63, 3.8) is 0 Å². The summed E-state index contributed by atoms with van der Waals surface area (Å²) in [5, 5.41) is 8.97. The zero-order valence-corrected chi connectivity index (χ0v) is 13.2. The Hall–Kier alpha value is -0.710. The molecule has 6 nitrogen and oxygen atoms in total. The predicted molar refractivity (Wildman–Crippen MR) is 77.8 cm³/mol. The number of halogens is 1. The molecular weight excluding hydrogens is 385 g/mol. The summed E-state index contributed by atoms with van der Waals surface area (Å²) >= 11 is 1.85. The second kappa shape index (κ2) is 7.17. The summed E-state index contributed by atoms with van der Waals surface area (Å²) in [4.78, 5) is 10.9. The molecule has 1 aromatic carbocycles. The normalized spacial score (nSPS) is 11.5. The second-order valence-corrected chi connectivity index (χ2v) is 6.62. The summed E-state index contributed by atoms with van der Waals surface area (Å²) in [5.74, 6) is -1.15. The number of carboxylic acids is 1. The Morgan fingerprint density at radius 3 is 2.74 bits per heavy atom. The van der Waals surface area contributed by atoms with Crippen molar-refractivity contribution in [3.8, 4) is 0 Å². The lowest BCUT2D eigenvalue weighted by Gasteiger charge is -2.08. The quantitative estimate of drug-likeness (QED) is 0.533. The molecule has 0 aliphatic rings. The first-order valence-electron chi connectivity index (χ1n) is 5.40. The molecular formula is C11H14INO5S. The molecule has 106 valence electrons. The highest BCUT2D eigenvalue weighted by molar-refractivity contribution is 14.1.